The van der Waals surface area contributed by atoms with Crippen molar-refractivity contribution in [3.05, 3.63) is 33.8 Å². The van der Waals surface area contributed by atoms with Gasteiger partial charge in [0.15, 0.2) is 0 Å². The van der Waals surface area contributed by atoms with Gasteiger partial charge < -0.3 is 11.1 Å². The SMILES string of the molecule is NC(=S)C1CCCC1NC(=O)c1c(Cl)cccc1Cl. The van der Waals surface area contributed by atoms with Crippen LogP contribution >= 0.6 is 35.4 Å². The zero-order valence-electron chi connectivity index (χ0n) is 10.2. The minimum Gasteiger partial charge on any atom is -0.393 e. The lowest BCUT2D eigenvalue weighted by molar-refractivity contribution is 0.0934. The van der Waals surface area contributed by atoms with E-state index in [1.54, 1.807) is 18.2 Å². The minimum atomic E-state index is -0.274. The Kier molecular flexibility index (Phi) is 4.66. The van der Waals surface area contributed by atoms with Gasteiger partial charge in [0, 0.05) is 12.0 Å². The maximum Gasteiger partial charge on any atom is 0.254 e. The van der Waals surface area contributed by atoms with E-state index in [1.807, 2.05) is 0 Å². The summed E-state index contributed by atoms with van der Waals surface area (Å²) in [5, 5.41) is 3.62. The largest absolute Gasteiger partial charge is 0.393 e. The zero-order valence-corrected chi connectivity index (χ0v) is 12.5. The maximum atomic E-state index is 12.2. The fourth-order valence-electron chi connectivity index (χ4n) is 2.43. The number of carbonyl (C=O) groups excluding carboxylic acids is 1. The molecule has 0 spiro atoms. The second-order valence-corrected chi connectivity index (χ2v) is 5.90. The van der Waals surface area contributed by atoms with Gasteiger partial charge in [-0.15, -0.1) is 0 Å². The van der Waals surface area contributed by atoms with Gasteiger partial charge in [-0.1, -0.05) is 47.9 Å². The third kappa shape index (κ3) is 3.19. The average molecular weight is 317 g/mol. The van der Waals surface area contributed by atoms with E-state index in [9.17, 15) is 4.79 Å². The van der Waals surface area contributed by atoms with Crippen molar-refractivity contribution < 1.29 is 4.79 Å². The Morgan fingerprint density at radius 2 is 1.95 bits per heavy atom. The smallest absolute Gasteiger partial charge is 0.254 e. The van der Waals surface area contributed by atoms with Gasteiger partial charge in [-0.2, -0.15) is 0 Å². The summed E-state index contributed by atoms with van der Waals surface area (Å²) in [6.45, 7) is 0. The lowest BCUT2D eigenvalue weighted by Gasteiger charge is -2.20. The molecular formula is C13H14Cl2N2OS. The summed E-state index contributed by atoms with van der Waals surface area (Å²) in [6.07, 6.45) is 2.79. The second kappa shape index (κ2) is 6.07. The first-order valence-corrected chi connectivity index (χ1v) is 7.21. The summed E-state index contributed by atoms with van der Waals surface area (Å²) in [4.78, 5) is 12.7. The molecule has 1 aliphatic rings. The molecule has 1 fully saturated rings. The quantitative estimate of drug-likeness (QED) is 0.842. The third-order valence-corrected chi connectivity index (χ3v) is 4.32. The van der Waals surface area contributed by atoms with Crippen molar-refractivity contribution in [2.75, 3.05) is 0 Å². The monoisotopic (exact) mass is 316 g/mol. The predicted molar refractivity (Wildman–Crippen MR) is 81.8 cm³/mol. The van der Waals surface area contributed by atoms with Crippen LogP contribution in [0.25, 0.3) is 0 Å². The van der Waals surface area contributed by atoms with Crippen molar-refractivity contribution in [3.8, 4) is 0 Å². The molecule has 1 saturated carbocycles. The molecule has 1 aromatic rings. The average Bonchev–Trinajstić information content (AvgIpc) is 2.76. The van der Waals surface area contributed by atoms with Crippen LogP contribution < -0.4 is 11.1 Å². The molecule has 19 heavy (non-hydrogen) atoms. The highest BCUT2D eigenvalue weighted by molar-refractivity contribution is 7.80. The Bertz CT molecular complexity index is 501. The number of nitrogens with two attached hydrogens (primary N) is 1. The van der Waals surface area contributed by atoms with Gasteiger partial charge in [0.05, 0.1) is 20.6 Å². The summed E-state index contributed by atoms with van der Waals surface area (Å²) in [6, 6.07) is 4.95. The van der Waals surface area contributed by atoms with Crippen molar-refractivity contribution in [1.82, 2.24) is 5.32 Å². The number of hydrogen-bond donors (Lipinski definition) is 2. The molecule has 0 aliphatic heterocycles. The molecule has 3 N–H and O–H groups in total. The molecule has 0 aromatic heterocycles. The van der Waals surface area contributed by atoms with Crippen molar-refractivity contribution in [1.29, 1.82) is 0 Å². The van der Waals surface area contributed by atoms with Crippen molar-refractivity contribution in [2.24, 2.45) is 11.7 Å². The molecule has 1 aromatic carbocycles. The molecule has 3 nitrogen and oxygen atoms in total. The van der Waals surface area contributed by atoms with E-state index in [4.69, 9.17) is 41.2 Å². The molecule has 2 unspecified atom stereocenters. The van der Waals surface area contributed by atoms with Crippen LogP contribution in [0, 0.1) is 5.92 Å². The molecule has 2 atom stereocenters. The fraction of sp³-hybridized carbons (Fsp3) is 0.385. The lowest BCUT2D eigenvalue weighted by atomic mass is 10.0. The van der Waals surface area contributed by atoms with Crippen LogP contribution in [0.2, 0.25) is 10.0 Å². The van der Waals surface area contributed by atoms with Crippen LogP contribution in [0.1, 0.15) is 29.6 Å². The van der Waals surface area contributed by atoms with Crippen LogP contribution in [-0.4, -0.2) is 16.9 Å². The number of halogens is 2. The highest BCUT2D eigenvalue weighted by atomic mass is 35.5. The number of carbonyl (C=O) groups is 1. The molecule has 2 rings (SSSR count). The second-order valence-electron chi connectivity index (χ2n) is 4.62. The molecule has 1 aliphatic carbocycles. The topological polar surface area (TPSA) is 55.1 Å². The van der Waals surface area contributed by atoms with Gasteiger partial charge in [-0.05, 0) is 25.0 Å². The van der Waals surface area contributed by atoms with E-state index >= 15 is 0 Å². The van der Waals surface area contributed by atoms with E-state index < -0.39 is 0 Å². The minimum absolute atomic E-state index is 0.0302. The molecule has 0 bridgehead atoms. The van der Waals surface area contributed by atoms with Crippen LogP contribution in [0.15, 0.2) is 18.2 Å². The van der Waals surface area contributed by atoms with Crippen molar-refractivity contribution in [2.45, 2.75) is 25.3 Å². The van der Waals surface area contributed by atoms with E-state index in [2.05, 4.69) is 5.32 Å². The number of nitrogens with one attached hydrogen (secondary N) is 1. The van der Waals surface area contributed by atoms with Gasteiger partial charge in [0.2, 0.25) is 0 Å². The summed E-state index contributed by atoms with van der Waals surface area (Å²) < 4.78 is 0. The molecule has 0 radical (unpaired) electrons. The Hall–Kier alpha value is -0.840. The molecule has 0 heterocycles. The van der Waals surface area contributed by atoms with Gasteiger partial charge in [-0.3, -0.25) is 4.79 Å². The molecule has 6 heteroatoms. The summed E-state index contributed by atoms with van der Waals surface area (Å²) in [5.74, 6) is -0.219. The van der Waals surface area contributed by atoms with Crippen LogP contribution in [0.3, 0.4) is 0 Å². The van der Waals surface area contributed by atoms with Gasteiger partial charge >= 0.3 is 0 Å². The number of rotatable bonds is 3. The van der Waals surface area contributed by atoms with Crippen molar-refractivity contribution >= 4 is 46.3 Å². The molecular weight excluding hydrogens is 303 g/mol. The summed E-state index contributed by atoms with van der Waals surface area (Å²) in [5.41, 5.74) is 6.00. The van der Waals surface area contributed by atoms with E-state index in [-0.39, 0.29) is 17.9 Å². The number of hydrogen-bond acceptors (Lipinski definition) is 2. The van der Waals surface area contributed by atoms with Crippen molar-refractivity contribution in [3.63, 3.8) is 0 Å². The van der Waals surface area contributed by atoms with E-state index in [1.165, 1.54) is 0 Å². The number of thiocarbonyl (C=S) groups is 1. The van der Waals surface area contributed by atoms with E-state index in [0.717, 1.165) is 19.3 Å². The Balaban J connectivity index is 2.15. The first-order valence-electron chi connectivity index (χ1n) is 6.05. The molecule has 1 amide bonds. The standard InChI is InChI=1S/C13H14Cl2N2OS/c14-8-4-2-5-9(15)11(8)13(18)17-10-6-1-3-7(10)12(16)19/h2,4-5,7,10H,1,3,6H2,(H2,16,19)(H,17,18). The Labute approximate surface area is 127 Å². The van der Waals surface area contributed by atoms with Gasteiger partial charge in [-0.25, -0.2) is 0 Å². The fourth-order valence-corrected chi connectivity index (χ4v) is 3.28. The van der Waals surface area contributed by atoms with Crippen LogP contribution in [0.4, 0.5) is 0 Å². The van der Waals surface area contributed by atoms with Gasteiger partial charge in [0.25, 0.3) is 5.91 Å². The third-order valence-electron chi connectivity index (χ3n) is 3.39. The molecule has 0 saturated heterocycles. The van der Waals surface area contributed by atoms with Crippen LogP contribution in [0.5, 0.6) is 0 Å². The number of amides is 1. The number of benzene rings is 1. The normalized spacial score (nSPS) is 22.2. The highest BCUT2D eigenvalue weighted by Gasteiger charge is 2.31. The predicted octanol–water partition coefficient (Wildman–Crippen LogP) is 3.18. The first-order chi connectivity index (χ1) is 9.00. The highest BCUT2D eigenvalue weighted by Crippen LogP contribution is 2.28. The van der Waals surface area contributed by atoms with Gasteiger partial charge in [0.1, 0.15) is 0 Å². The lowest BCUT2D eigenvalue weighted by Crippen LogP contribution is -2.41. The molecule has 102 valence electrons. The maximum absolute atomic E-state index is 12.2. The van der Waals surface area contributed by atoms with E-state index in [0.29, 0.717) is 20.6 Å². The first kappa shape index (κ1) is 14.6. The summed E-state index contributed by atoms with van der Waals surface area (Å²) in [7, 11) is 0. The van der Waals surface area contributed by atoms with Crippen LogP contribution in [-0.2, 0) is 0 Å². The Morgan fingerprint density at radius 1 is 1.32 bits per heavy atom. The Morgan fingerprint density at radius 3 is 2.53 bits per heavy atom. The summed E-state index contributed by atoms with van der Waals surface area (Å²) >= 11 is 17.1. The zero-order chi connectivity index (χ0) is 14.0.